The third-order valence-electron chi connectivity index (χ3n) is 2.75. The first-order valence-electron chi connectivity index (χ1n) is 5.43. The van der Waals surface area contributed by atoms with Crippen LogP contribution in [0.3, 0.4) is 0 Å². The lowest BCUT2D eigenvalue weighted by atomic mass is 9.89. The molecule has 0 atom stereocenters. The number of rotatable bonds is 3. The Hall–Kier alpha value is -1.55. The van der Waals surface area contributed by atoms with Crippen LogP contribution in [0.25, 0.3) is 0 Å². The van der Waals surface area contributed by atoms with E-state index < -0.39 is 0 Å². The second kappa shape index (κ2) is 4.99. The smallest absolute Gasteiger partial charge is 0.123 e. The van der Waals surface area contributed by atoms with Gasteiger partial charge in [0, 0.05) is 11.1 Å². The molecule has 1 aromatic rings. The minimum absolute atomic E-state index is 0.00458. The maximum absolute atomic E-state index is 8.91. The first-order valence-corrected chi connectivity index (χ1v) is 5.43. The van der Waals surface area contributed by atoms with E-state index in [0.717, 1.165) is 41.9 Å². The Morgan fingerprint density at radius 3 is 2.94 bits per heavy atom. The summed E-state index contributed by atoms with van der Waals surface area (Å²) >= 11 is 0. The van der Waals surface area contributed by atoms with Gasteiger partial charge in [0.25, 0.3) is 0 Å². The number of hydrogen-bond acceptors (Lipinski definition) is 4. The molecule has 1 aliphatic rings. The first-order chi connectivity index (χ1) is 7.86. The van der Waals surface area contributed by atoms with E-state index in [9.17, 15) is 0 Å². The van der Waals surface area contributed by atoms with Crippen molar-refractivity contribution in [3.63, 3.8) is 0 Å². The third-order valence-corrected chi connectivity index (χ3v) is 2.75. The molecule has 1 aromatic carbocycles. The van der Waals surface area contributed by atoms with Gasteiger partial charge in [-0.05, 0) is 25.3 Å². The highest BCUT2D eigenvalue weighted by atomic mass is 16.5. The summed E-state index contributed by atoms with van der Waals surface area (Å²) in [5, 5.41) is 21.0. The number of benzene rings is 1. The van der Waals surface area contributed by atoms with Crippen molar-refractivity contribution in [1.29, 1.82) is 0 Å². The number of fused-ring (bicyclic) bond motifs is 1. The Labute approximate surface area is 94.2 Å². The molecule has 0 unspecified atom stereocenters. The summed E-state index contributed by atoms with van der Waals surface area (Å²) < 4.78 is 5.46. The number of nitrogens with zero attached hydrogens (tertiary/aromatic N) is 1. The molecule has 16 heavy (non-hydrogen) atoms. The average molecular weight is 221 g/mol. The summed E-state index contributed by atoms with van der Waals surface area (Å²) in [5.41, 5.74) is 2.76. The molecule has 0 aromatic heterocycles. The van der Waals surface area contributed by atoms with Crippen LogP contribution in [0, 0.1) is 0 Å². The lowest BCUT2D eigenvalue weighted by Gasteiger charge is -2.19. The fraction of sp³-hybridized carbons (Fsp3) is 0.417. The largest absolute Gasteiger partial charge is 0.491 e. The highest BCUT2D eigenvalue weighted by molar-refractivity contribution is 6.02. The van der Waals surface area contributed by atoms with Gasteiger partial charge in [-0.2, -0.15) is 0 Å². The van der Waals surface area contributed by atoms with E-state index in [1.807, 2.05) is 18.2 Å². The molecule has 0 saturated heterocycles. The molecular formula is C12H15NO3. The highest BCUT2D eigenvalue weighted by Gasteiger charge is 2.19. The number of aliphatic hydroxyl groups is 1. The maximum Gasteiger partial charge on any atom is 0.123 e. The monoisotopic (exact) mass is 221 g/mol. The van der Waals surface area contributed by atoms with Crippen LogP contribution >= 0.6 is 0 Å². The molecule has 1 aliphatic carbocycles. The van der Waals surface area contributed by atoms with E-state index in [0.29, 0.717) is 6.61 Å². The van der Waals surface area contributed by atoms with Crippen molar-refractivity contribution in [3.8, 4) is 5.75 Å². The van der Waals surface area contributed by atoms with Gasteiger partial charge in [0.05, 0.1) is 12.3 Å². The molecule has 2 N–H and O–H groups in total. The molecule has 86 valence electrons. The van der Waals surface area contributed by atoms with Crippen molar-refractivity contribution in [2.24, 2.45) is 5.16 Å². The van der Waals surface area contributed by atoms with Crippen LogP contribution in [0.15, 0.2) is 23.4 Å². The zero-order valence-corrected chi connectivity index (χ0v) is 9.02. The van der Waals surface area contributed by atoms with Gasteiger partial charge in [-0.25, -0.2) is 0 Å². The first kappa shape index (κ1) is 11.0. The SMILES string of the molecule is OCCOc1cccc2c1CCCC2=NO. The molecule has 0 saturated carbocycles. The van der Waals surface area contributed by atoms with Crippen LogP contribution in [0.5, 0.6) is 5.75 Å². The number of aliphatic hydroxyl groups excluding tert-OH is 1. The van der Waals surface area contributed by atoms with Crippen LogP contribution in [0.4, 0.5) is 0 Å². The summed E-state index contributed by atoms with van der Waals surface area (Å²) in [5.74, 6) is 0.785. The minimum Gasteiger partial charge on any atom is -0.491 e. The molecule has 0 radical (unpaired) electrons. The van der Waals surface area contributed by atoms with Gasteiger partial charge in [-0.1, -0.05) is 17.3 Å². The van der Waals surface area contributed by atoms with E-state index in [2.05, 4.69) is 5.16 Å². The predicted molar refractivity (Wildman–Crippen MR) is 60.3 cm³/mol. The Morgan fingerprint density at radius 2 is 2.19 bits per heavy atom. The molecule has 0 bridgehead atoms. The van der Waals surface area contributed by atoms with E-state index in [1.54, 1.807) is 0 Å². The Bertz CT molecular complexity index is 401. The van der Waals surface area contributed by atoms with Gasteiger partial charge in [0.2, 0.25) is 0 Å². The zero-order chi connectivity index (χ0) is 11.4. The molecule has 4 heteroatoms. The van der Waals surface area contributed by atoms with Crippen LogP contribution in [0.1, 0.15) is 24.0 Å². The normalized spacial score (nSPS) is 17.2. The molecule has 0 fully saturated rings. The van der Waals surface area contributed by atoms with Crippen molar-refractivity contribution in [2.75, 3.05) is 13.2 Å². The molecule has 4 nitrogen and oxygen atoms in total. The van der Waals surface area contributed by atoms with E-state index >= 15 is 0 Å². The van der Waals surface area contributed by atoms with Crippen LogP contribution in [0.2, 0.25) is 0 Å². The number of ether oxygens (including phenoxy) is 1. The third kappa shape index (κ3) is 2.02. The molecule has 0 amide bonds. The lowest BCUT2D eigenvalue weighted by molar-refractivity contribution is 0.200. The number of hydrogen-bond donors (Lipinski definition) is 2. The van der Waals surface area contributed by atoms with Gasteiger partial charge in [-0.3, -0.25) is 0 Å². The fourth-order valence-corrected chi connectivity index (χ4v) is 2.06. The zero-order valence-electron chi connectivity index (χ0n) is 9.02. The van der Waals surface area contributed by atoms with Gasteiger partial charge in [0.15, 0.2) is 0 Å². The van der Waals surface area contributed by atoms with Gasteiger partial charge in [-0.15, -0.1) is 0 Å². The Kier molecular flexibility index (Phi) is 3.41. The molecule has 0 spiro atoms. The average Bonchev–Trinajstić information content (AvgIpc) is 2.35. The van der Waals surface area contributed by atoms with Crippen molar-refractivity contribution in [3.05, 3.63) is 29.3 Å². The highest BCUT2D eigenvalue weighted by Crippen LogP contribution is 2.29. The van der Waals surface area contributed by atoms with Gasteiger partial charge >= 0.3 is 0 Å². The molecule has 0 aliphatic heterocycles. The van der Waals surface area contributed by atoms with Crippen LogP contribution in [-0.2, 0) is 6.42 Å². The summed E-state index contributed by atoms with van der Waals surface area (Å²) in [6.45, 7) is 0.298. The maximum atomic E-state index is 8.91. The van der Waals surface area contributed by atoms with Crippen molar-refractivity contribution in [1.82, 2.24) is 0 Å². The van der Waals surface area contributed by atoms with Gasteiger partial charge in [0.1, 0.15) is 12.4 Å². The Morgan fingerprint density at radius 1 is 1.31 bits per heavy atom. The van der Waals surface area contributed by atoms with Crippen molar-refractivity contribution in [2.45, 2.75) is 19.3 Å². The minimum atomic E-state index is 0.00458. The van der Waals surface area contributed by atoms with E-state index in [-0.39, 0.29) is 6.61 Å². The van der Waals surface area contributed by atoms with E-state index in [4.69, 9.17) is 15.1 Å². The standard InChI is InChI=1S/C12H15NO3/c14-7-8-16-12-6-2-3-9-10(12)4-1-5-11(9)13-15/h2-3,6,14-15H,1,4-5,7-8H2. The quantitative estimate of drug-likeness (QED) is 0.601. The van der Waals surface area contributed by atoms with E-state index in [1.165, 1.54) is 0 Å². The topological polar surface area (TPSA) is 62.0 Å². The summed E-state index contributed by atoms with van der Waals surface area (Å²) in [7, 11) is 0. The fourth-order valence-electron chi connectivity index (χ4n) is 2.06. The van der Waals surface area contributed by atoms with Crippen molar-refractivity contribution >= 4 is 5.71 Å². The van der Waals surface area contributed by atoms with Gasteiger partial charge < -0.3 is 15.1 Å². The van der Waals surface area contributed by atoms with Crippen LogP contribution in [-0.4, -0.2) is 29.2 Å². The second-order valence-corrected chi connectivity index (χ2v) is 3.75. The summed E-state index contributed by atoms with van der Waals surface area (Å²) in [6.07, 6.45) is 2.69. The predicted octanol–water partition coefficient (Wildman–Crippen LogP) is 1.57. The summed E-state index contributed by atoms with van der Waals surface area (Å²) in [6, 6.07) is 5.70. The molecular weight excluding hydrogens is 206 g/mol. The van der Waals surface area contributed by atoms with Crippen molar-refractivity contribution < 1.29 is 15.1 Å². The van der Waals surface area contributed by atoms with Crippen LogP contribution < -0.4 is 4.74 Å². The second-order valence-electron chi connectivity index (χ2n) is 3.75. The molecule has 2 rings (SSSR count). The Balaban J connectivity index is 2.35. The molecule has 0 heterocycles. The summed E-state index contributed by atoms with van der Waals surface area (Å²) in [4.78, 5) is 0. The lowest BCUT2D eigenvalue weighted by Crippen LogP contribution is -2.14. The number of oxime groups is 1.